The van der Waals surface area contributed by atoms with Crippen molar-refractivity contribution in [1.82, 2.24) is 15.2 Å². The normalized spacial score (nSPS) is 16.3. The number of carbonyl (C=O) groups excluding carboxylic acids is 3. The van der Waals surface area contributed by atoms with Crippen LogP contribution in [0.1, 0.15) is 49.8 Å². The number of pyridine rings is 1. The number of rotatable bonds is 13. The second-order valence-electron chi connectivity index (χ2n) is 13.8. The van der Waals surface area contributed by atoms with E-state index in [0.29, 0.717) is 42.4 Å². The maximum Gasteiger partial charge on any atom is 0.410 e. The number of carbonyl (C=O) groups is 3. The molecule has 1 aliphatic heterocycles. The van der Waals surface area contributed by atoms with E-state index in [1.54, 1.807) is 22.9 Å². The molecule has 4 aromatic rings. The Kier molecular flexibility index (Phi) is 14.2. The summed E-state index contributed by atoms with van der Waals surface area (Å²) in [6.45, 7) is 6.25. The third-order valence-corrected chi connectivity index (χ3v) is 10.1. The van der Waals surface area contributed by atoms with Gasteiger partial charge in [-0.2, -0.15) is 0 Å². The summed E-state index contributed by atoms with van der Waals surface area (Å²) >= 11 is 7.71. The molecule has 0 radical (unpaired) electrons. The number of ether oxygens (including phenoxy) is 4. The van der Waals surface area contributed by atoms with Crippen LogP contribution in [-0.2, 0) is 25.4 Å². The summed E-state index contributed by atoms with van der Waals surface area (Å²) in [5.41, 5.74) is 2.11. The molecule has 286 valence electrons. The summed E-state index contributed by atoms with van der Waals surface area (Å²) < 4.78 is 22.9. The number of hydrogen-bond donors (Lipinski definition) is 2. The van der Waals surface area contributed by atoms with E-state index in [2.05, 4.69) is 15.6 Å². The summed E-state index contributed by atoms with van der Waals surface area (Å²) in [5, 5.41) is 6.47. The van der Waals surface area contributed by atoms with Crippen LogP contribution in [0, 0.1) is 0 Å². The summed E-state index contributed by atoms with van der Waals surface area (Å²) in [4.78, 5) is 47.5. The Bertz CT molecular complexity index is 1800. The molecule has 2 N–H and O–H groups in total. The van der Waals surface area contributed by atoms with Crippen molar-refractivity contribution in [2.75, 3.05) is 38.4 Å². The van der Waals surface area contributed by atoms with Crippen molar-refractivity contribution in [2.24, 2.45) is 0 Å². The number of benzene rings is 3. The van der Waals surface area contributed by atoms with Gasteiger partial charge in [-0.15, -0.1) is 11.8 Å². The van der Waals surface area contributed by atoms with Crippen molar-refractivity contribution in [3.05, 3.63) is 119 Å². The van der Waals surface area contributed by atoms with E-state index in [1.165, 1.54) is 14.2 Å². The largest absolute Gasteiger partial charge is 0.480 e. The molecule has 1 aliphatic rings. The highest BCUT2D eigenvalue weighted by Gasteiger charge is 2.35. The Morgan fingerprint density at radius 3 is 2.15 bits per heavy atom. The molecule has 1 saturated heterocycles. The second kappa shape index (κ2) is 19.0. The Hall–Kier alpha value is -4.78. The molecule has 0 aliphatic carbocycles. The molecular formula is C41H47ClN4O7S. The van der Waals surface area contributed by atoms with Gasteiger partial charge in [0.05, 0.1) is 39.5 Å². The lowest BCUT2D eigenvalue weighted by atomic mass is 9.84. The highest BCUT2D eigenvalue weighted by Crippen LogP contribution is 2.33. The fourth-order valence-corrected chi connectivity index (χ4v) is 7.27. The molecule has 0 saturated carbocycles. The molecular weight excluding hydrogens is 728 g/mol. The number of alkyl carbamates (subject to hydrolysis) is 1. The molecule has 3 atom stereocenters. The molecule has 54 heavy (non-hydrogen) atoms. The first-order chi connectivity index (χ1) is 25.9. The number of amides is 3. The van der Waals surface area contributed by atoms with E-state index >= 15 is 0 Å². The smallest absolute Gasteiger partial charge is 0.410 e. The van der Waals surface area contributed by atoms with Gasteiger partial charge < -0.3 is 34.5 Å². The molecule has 11 nitrogen and oxygen atoms in total. The van der Waals surface area contributed by atoms with E-state index in [9.17, 15) is 14.4 Å². The fourth-order valence-electron chi connectivity index (χ4n) is 6.25. The van der Waals surface area contributed by atoms with Crippen molar-refractivity contribution < 1.29 is 33.3 Å². The van der Waals surface area contributed by atoms with E-state index in [4.69, 9.17) is 30.5 Å². The van der Waals surface area contributed by atoms with Crippen LogP contribution >= 0.6 is 23.4 Å². The van der Waals surface area contributed by atoms with E-state index in [1.807, 2.05) is 112 Å². The first-order valence-corrected chi connectivity index (χ1v) is 19.1. The Labute approximate surface area is 326 Å². The van der Waals surface area contributed by atoms with E-state index in [-0.39, 0.29) is 18.1 Å². The van der Waals surface area contributed by atoms with Crippen LogP contribution in [-0.4, -0.2) is 84.9 Å². The fraction of sp³-hybridized carbons (Fsp3) is 0.366. The monoisotopic (exact) mass is 774 g/mol. The summed E-state index contributed by atoms with van der Waals surface area (Å²) in [6.07, 6.45) is 0.835. The molecule has 2 heterocycles. The number of nitrogens with zero attached hydrogens (tertiary/aromatic N) is 2. The zero-order chi connectivity index (χ0) is 38.7. The number of thioether (sulfide) groups is 1. The topological polar surface area (TPSA) is 128 Å². The van der Waals surface area contributed by atoms with E-state index in [0.717, 1.165) is 21.6 Å². The standard InChI is InChI=1S/C41H47ClN4O7S/c1-41(2,3)53-40(49)46-24-31(52-32(25-46)26-54-33-20-17-30(42)18-21-33)19-16-29-22-23-43-38(50-4)35(29)44-37(47)36(45-39(48)51-5)34(27-12-8-6-9-13-27)28-14-10-7-11-15-28/h6-15,17-18,20-23,31-32,34,36H,16,19,24-26H2,1-5H3,(H,44,47)(H,45,48)/t31-,32+,36+/m1/s1. The maximum atomic E-state index is 14.4. The van der Waals surface area contributed by atoms with Crippen LogP contribution in [0.5, 0.6) is 5.88 Å². The van der Waals surface area contributed by atoms with Crippen LogP contribution < -0.4 is 15.4 Å². The number of halogens is 1. The Morgan fingerprint density at radius 1 is 0.926 bits per heavy atom. The number of methoxy groups -OCH3 is 2. The highest BCUT2D eigenvalue weighted by molar-refractivity contribution is 7.99. The third kappa shape index (κ3) is 11.4. The van der Waals surface area contributed by atoms with Gasteiger partial charge in [-0.3, -0.25) is 4.79 Å². The average molecular weight is 775 g/mol. The van der Waals surface area contributed by atoms with Crippen LogP contribution in [0.3, 0.4) is 0 Å². The van der Waals surface area contributed by atoms with Crippen LogP contribution in [0.4, 0.5) is 15.3 Å². The third-order valence-electron chi connectivity index (χ3n) is 8.71. The molecule has 13 heteroatoms. The zero-order valence-corrected chi connectivity index (χ0v) is 32.7. The predicted molar refractivity (Wildman–Crippen MR) is 210 cm³/mol. The molecule has 3 aromatic carbocycles. The number of hydrogen-bond acceptors (Lipinski definition) is 9. The van der Waals surface area contributed by atoms with Crippen molar-refractivity contribution in [3.63, 3.8) is 0 Å². The van der Waals surface area contributed by atoms with Crippen LogP contribution in [0.25, 0.3) is 0 Å². The predicted octanol–water partition coefficient (Wildman–Crippen LogP) is 7.97. The lowest BCUT2D eigenvalue weighted by Crippen LogP contribution is -2.52. The number of morpholine rings is 1. The zero-order valence-electron chi connectivity index (χ0n) is 31.1. The highest BCUT2D eigenvalue weighted by atomic mass is 35.5. The Balaban J connectivity index is 1.38. The van der Waals surface area contributed by atoms with Crippen LogP contribution in [0.2, 0.25) is 5.02 Å². The van der Waals surface area contributed by atoms with Crippen molar-refractivity contribution in [2.45, 2.75) is 68.3 Å². The average Bonchev–Trinajstić information content (AvgIpc) is 3.17. The van der Waals surface area contributed by atoms with Gasteiger partial charge >= 0.3 is 12.2 Å². The van der Waals surface area contributed by atoms with Gasteiger partial charge in [-0.05, 0) is 80.6 Å². The van der Waals surface area contributed by atoms with Gasteiger partial charge in [0, 0.05) is 27.8 Å². The van der Waals surface area contributed by atoms with Gasteiger partial charge in [0.1, 0.15) is 17.3 Å². The summed E-state index contributed by atoms with van der Waals surface area (Å²) in [6, 6.07) is 27.3. The molecule has 0 bridgehead atoms. The van der Waals surface area contributed by atoms with Gasteiger partial charge in [0.25, 0.3) is 0 Å². The molecule has 0 spiro atoms. The van der Waals surface area contributed by atoms with Crippen molar-refractivity contribution in [3.8, 4) is 5.88 Å². The molecule has 5 rings (SSSR count). The minimum atomic E-state index is -1.08. The molecule has 3 amide bonds. The lowest BCUT2D eigenvalue weighted by Gasteiger charge is -2.38. The Morgan fingerprint density at radius 2 is 1.56 bits per heavy atom. The minimum absolute atomic E-state index is 0.214. The summed E-state index contributed by atoms with van der Waals surface area (Å²) in [5.74, 6) is -0.226. The number of aromatic nitrogens is 1. The number of nitrogens with one attached hydrogen (secondary N) is 2. The first-order valence-electron chi connectivity index (χ1n) is 17.7. The molecule has 1 aromatic heterocycles. The van der Waals surface area contributed by atoms with Gasteiger partial charge in [-0.25, -0.2) is 14.6 Å². The quantitative estimate of drug-likeness (QED) is 0.130. The number of aryl methyl sites for hydroxylation is 1. The van der Waals surface area contributed by atoms with Crippen LogP contribution in [0.15, 0.2) is 102 Å². The lowest BCUT2D eigenvalue weighted by molar-refractivity contribution is -0.118. The van der Waals surface area contributed by atoms with Gasteiger partial charge in [-0.1, -0.05) is 72.3 Å². The first kappa shape index (κ1) is 40.4. The second-order valence-corrected chi connectivity index (χ2v) is 15.4. The maximum absolute atomic E-state index is 14.4. The van der Waals surface area contributed by atoms with Gasteiger partial charge in [0.2, 0.25) is 11.8 Å². The van der Waals surface area contributed by atoms with Crippen molar-refractivity contribution >= 4 is 47.1 Å². The number of anilines is 1. The van der Waals surface area contributed by atoms with E-state index < -0.39 is 35.7 Å². The minimum Gasteiger partial charge on any atom is -0.480 e. The molecule has 0 unspecified atom stereocenters. The summed E-state index contributed by atoms with van der Waals surface area (Å²) in [7, 11) is 2.74. The SMILES string of the molecule is COC(=O)N[C@H](C(=O)Nc1c(CC[C@@H]2CN(C(=O)OC(C)(C)C)C[C@@H](CSc3ccc(Cl)cc3)O2)ccnc1OC)C(c1ccccc1)c1ccccc1. The van der Waals surface area contributed by atoms with Crippen molar-refractivity contribution in [1.29, 1.82) is 0 Å². The molecule has 1 fully saturated rings. The van der Waals surface area contributed by atoms with Gasteiger partial charge in [0.15, 0.2) is 0 Å².